The van der Waals surface area contributed by atoms with Crippen LogP contribution in [0, 0.1) is 0 Å². The predicted molar refractivity (Wildman–Crippen MR) is 99.5 cm³/mol. The van der Waals surface area contributed by atoms with Gasteiger partial charge in [0.15, 0.2) is 0 Å². The summed E-state index contributed by atoms with van der Waals surface area (Å²) < 4.78 is 4.66. The van der Waals surface area contributed by atoms with Crippen molar-refractivity contribution in [2.75, 3.05) is 5.33 Å². The molecule has 0 aliphatic heterocycles. The van der Waals surface area contributed by atoms with Gasteiger partial charge in [0.05, 0.1) is 13.1 Å². The van der Waals surface area contributed by atoms with Gasteiger partial charge in [0.2, 0.25) is 6.33 Å². The maximum Gasteiger partial charge on any atom is 0.243 e. The van der Waals surface area contributed by atoms with Crippen LogP contribution in [0.15, 0.2) is 18.7 Å². The summed E-state index contributed by atoms with van der Waals surface area (Å²) in [6.45, 7) is 4.62. The van der Waals surface area contributed by atoms with Crippen molar-refractivity contribution in [3.63, 3.8) is 0 Å². The summed E-state index contributed by atoms with van der Waals surface area (Å²) in [5.41, 5.74) is 0. The van der Waals surface area contributed by atoms with Gasteiger partial charge in [-0.05, 0) is 25.7 Å². The van der Waals surface area contributed by atoms with Crippen LogP contribution in [-0.2, 0) is 13.1 Å². The Hall–Kier alpha value is 0.170. The molecular formula is C19H36Br2N2. The lowest BCUT2D eigenvalue weighted by Gasteiger charge is -2.01. The lowest BCUT2D eigenvalue weighted by molar-refractivity contribution is -0.696. The van der Waals surface area contributed by atoms with Crippen molar-refractivity contribution in [3.8, 4) is 0 Å². The van der Waals surface area contributed by atoms with Gasteiger partial charge in [0.25, 0.3) is 0 Å². The van der Waals surface area contributed by atoms with Crippen molar-refractivity contribution < 1.29 is 21.5 Å². The molecule has 0 unspecified atom stereocenters. The first-order valence-corrected chi connectivity index (χ1v) is 10.6. The first kappa shape index (κ1) is 23.2. The predicted octanol–water partition coefficient (Wildman–Crippen LogP) is 2.88. The summed E-state index contributed by atoms with van der Waals surface area (Å²) >= 11 is 3.49. The Kier molecular flexibility index (Phi) is 17.1. The standard InChI is InChI=1S/C19H36BrN2.BrH/c1-2-3-4-5-6-7-8-9-10-12-15-21-17-18-22(19-21)16-13-11-14-20;/h17-19H,2-16H2,1H3;1H/q+1;/p-1. The molecule has 136 valence electrons. The van der Waals surface area contributed by atoms with Crippen molar-refractivity contribution >= 4 is 15.9 Å². The van der Waals surface area contributed by atoms with E-state index >= 15 is 0 Å². The third-order valence-corrected chi connectivity index (χ3v) is 4.88. The molecule has 0 N–H and O–H groups in total. The van der Waals surface area contributed by atoms with Crippen LogP contribution in [0.3, 0.4) is 0 Å². The highest BCUT2D eigenvalue weighted by molar-refractivity contribution is 9.09. The van der Waals surface area contributed by atoms with Gasteiger partial charge in [-0.3, -0.25) is 0 Å². The number of rotatable bonds is 15. The van der Waals surface area contributed by atoms with E-state index in [4.69, 9.17) is 0 Å². The summed E-state index contributed by atoms with van der Waals surface area (Å²) in [6, 6.07) is 0. The van der Waals surface area contributed by atoms with Crippen molar-refractivity contribution in [2.45, 2.75) is 97.1 Å². The SMILES string of the molecule is CCCCCCCCCCCC[n+]1ccn(CCCCBr)c1.[Br-]. The normalized spacial score (nSPS) is 10.7. The van der Waals surface area contributed by atoms with E-state index in [0.29, 0.717) is 0 Å². The minimum Gasteiger partial charge on any atom is -1.00 e. The first-order valence-electron chi connectivity index (χ1n) is 9.47. The van der Waals surface area contributed by atoms with E-state index in [-0.39, 0.29) is 17.0 Å². The highest BCUT2D eigenvalue weighted by Crippen LogP contribution is 2.10. The molecule has 1 heterocycles. The number of aromatic nitrogens is 2. The lowest BCUT2D eigenvalue weighted by atomic mass is 10.1. The molecule has 0 aromatic carbocycles. The van der Waals surface area contributed by atoms with Gasteiger partial charge in [-0.25, -0.2) is 9.13 Å². The molecule has 2 nitrogen and oxygen atoms in total. The van der Waals surface area contributed by atoms with Crippen LogP contribution in [-0.4, -0.2) is 9.90 Å². The third-order valence-electron chi connectivity index (χ3n) is 4.32. The fraction of sp³-hybridized carbons (Fsp3) is 0.842. The molecule has 0 bridgehead atoms. The highest BCUT2D eigenvalue weighted by Gasteiger charge is 2.03. The Morgan fingerprint density at radius 3 is 2.04 bits per heavy atom. The van der Waals surface area contributed by atoms with Gasteiger partial charge in [-0.2, -0.15) is 0 Å². The second-order valence-corrected chi connectivity index (χ2v) is 7.26. The summed E-state index contributed by atoms with van der Waals surface area (Å²) in [7, 11) is 0. The van der Waals surface area contributed by atoms with Crippen LogP contribution in [0.4, 0.5) is 0 Å². The van der Waals surface area contributed by atoms with E-state index in [9.17, 15) is 0 Å². The summed E-state index contributed by atoms with van der Waals surface area (Å²) in [4.78, 5) is 0. The number of aryl methyl sites for hydroxylation is 2. The lowest BCUT2D eigenvalue weighted by Crippen LogP contribution is -3.00. The van der Waals surface area contributed by atoms with Gasteiger partial charge in [-0.15, -0.1) is 0 Å². The van der Waals surface area contributed by atoms with Crippen LogP contribution in [0.2, 0.25) is 0 Å². The topological polar surface area (TPSA) is 8.81 Å². The van der Waals surface area contributed by atoms with Crippen molar-refractivity contribution in [1.82, 2.24) is 4.57 Å². The van der Waals surface area contributed by atoms with Crippen LogP contribution >= 0.6 is 15.9 Å². The van der Waals surface area contributed by atoms with Crippen LogP contribution in [0.1, 0.15) is 84.0 Å². The van der Waals surface area contributed by atoms with Crippen LogP contribution in [0.25, 0.3) is 0 Å². The Labute approximate surface area is 162 Å². The molecule has 0 amide bonds. The molecule has 4 heteroatoms. The zero-order chi connectivity index (χ0) is 15.9. The number of imidazole rings is 1. The number of hydrogen-bond acceptors (Lipinski definition) is 0. The van der Waals surface area contributed by atoms with E-state index in [2.05, 4.69) is 50.7 Å². The van der Waals surface area contributed by atoms with Crippen LogP contribution in [0.5, 0.6) is 0 Å². The third kappa shape index (κ3) is 13.2. The van der Waals surface area contributed by atoms with Gasteiger partial charge in [0, 0.05) is 5.33 Å². The molecule has 23 heavy (non-hydrogen) atoms. The van der Waals surface area contributed by atoms with Gasteiger partial charge >= 0.3 is 0 Å². The van der Waals surface area contributed by atoms with Crippen molar-refractivity contribution in [1.29, 1.82) is 0 Å². The van der Waals surface area contributed by atoms with Gasteiger partial charge in [0.1, 0.15) is 12.4 Å². The molecule has 0 saturated carbocycles. The Balaban J connectivity index is 0.00000484. The van der Waals surface area contributed by atoms with Crippen molar-refractivity contribution in [2.24, 2.45) is 0 Å². The molecule has 0 atom stereocenters. The minimum absolute atomic E-state index is 0. The molecule has 1 rings (SSSR count). The molecule has 1 aromatic rings. The summed E-state index contributed by atoms with van der Waals surface area (Å²) in [5, 5.41) is 1.12. The molecule has 0 aliphatic carbocycles. The zero-order valence-corrected chi connectivity index (χ0v) is 18.2. The number of alkyl halides is 1. The highest BCUT2D eigenvalue weighted by atomic mass is 79.9. The second kappa shape index (κ2) is 17.0. The summed E-state index contributed by atoms with van der Waals surface area (Å²) in [6.07, 6.45) is 23.4. The number of unbranched alkanes of at least 4 members (excludes halogenated alkanes) is 10. The van der Waals surface area contributed by atoms with Gasteiger partial charge < -0.3 is 17.0 Å². The molecule has 0 spiro atoms. The Morgan fingerprint density at radius 2 is 1.43 bits per heavy atom. The molecule has 0 aliphatic rings. The van der Waals surface area contributed by atoms with E-state index in [0.717, 1.165) is 11.9 Å². The summed E-state index contributed by atoms with van der Waals surface area (Å²) in [5.74, 6) is 0. The molecular weight excluding hydrogens is 416 g/mol. The molecule has 0 fully saturated rings. The average Bonchev–Trinajstić information content (AvgIpc) is 2.97. The second-order valence-electron chi connectivity index (χ2n) is 6.47. The van der Waals surface area contributed by atoms with Crippen LogP contribution < -0.4 is 21.5 Å². The Morgan fingerprint density at radius 1 is 0.826 bits per heavy atom. The maximum atomic E-state index is 3.49. The molecule has 1 aromatic heterocycles. The number of halogens is 2. The number of nitrogens with zero attached hydrogens (tertiary/aromatic N) is 2. The fourth-order valence-corrected chi connectivity index (χ4v) is 3.27. The van der Waals surface area contributed by atoms with E-state index in [1.54, 1.807) is 0 Å². The Bertz CT molecular complexity index is 353. The van der Waals surface area contributed by atoms with Gasteiger partial charge in [-0.1, -0.05) is 74.2 Å². The first-order chi connectivity index (χ1) is 10.9. The molecule has 0 saturated heterocycles. The quantitative estimate of drug-likeness (QED) is 0.220. The largest absolute Gasteiger partial charge is 1.00 e. The molecule has 0 radical (unpaired) electrons. The van der Waals surface area contributed by atoms with Crippen molar-refractivity contribution in [3.05, 3.63) is 18.7 Å². The zero-order valence-electron chi connectivity index (χ0n) is 15.0. The van der Waals surface area contributed by atoms with E-state index < -0.39 is 0 Å². The minimum atomic E-state index is 0. The van der Waals surface area contributed by atoms with E-state index in [1.807, 2.05) is 0 Å². The fourth-order valence-electron chi connectivity index (χ4n) is 2.87. The maximum absolute atomic E-state index is 3.49. The van der Waals surface area contributed by atoms with E-state index in [1.165, 1.54) is 83.6 Å². The smallest absolute Gasteiger partial charge is 0.243 e. The number of hydrogen-bond donors (Lipinski definition) is 0. The monoisotopic (exact) mass is 450 g/mol. The average molecular weight is 452 g/mol.